The lowest BCUT2D eigenvalue weighted by Crippen LogP contribution is -2.48. The smallest absolute Gasteiger partial charge is 0.322 e. The van der Waals surface area contributed by atoms with Gasteiger partial charge in [-0.3, -0.25) is 4.79 Å². The van der Waals surface area contributed by atoms with Gasteiger partial charge in [0, 0.05) is 38.6 Å². The zero-order valence-electron chi connectivity index (χ0n) is 17.7. The third-order valence-electron chi connectivity index (χ3n) is 4.71. The summed E-state index contributed by atoms with van der Waals surface area (Å²) in [5.74, 6) is -0.178. The minimum absolute atomic E-state index is 0.0836. The number of carbonyl (C=O) groups excluding carboxylic acids is 2. The normalized spacial score (nSPS) is 10.9. The minimum atomic E-state index is -0.445. The highest BCUT2D eigenvalue weighted by Crippen LogP contribution is 2.30. The average Bonchev–Trinajstić information content (AvgIpc) is 3.10. The van der Waals surface area contributed by atoms with Crippen LogP contribution < -0.4 is 5.32 Å². The van der Waals surface area contributed by atoms with Crippen molar-refractivity contribution in [2.45, 2.75) is 26.4 Å². The van der Waals surface area contributed by atoms with Crippen LogP contribution in [0.1, 0.15) is 19.5 Å². The molecule has 0 radical (unpaired) electrons. The van der Waals surface area contributed by atoms with Crippen LogP contribution in [0.25, 0.3) is 0 Å². The molecule has 0 fully saturated rings. The zero-order valence-corrected chi connectivity index (χ0v) is 19.2. The van der Waals surface area contributed by atoms with Crippen LogP contribution in [0, 0.1) is 0 Å². The molecule has 0 aliphatic heterocycles. The Morgan fingerprint density at radius 1 is 1.17 bits per heavy atom. The van der Waals surface area contributed by atoms with Crippen LogP contribution in [0.5, 0.6) is 0 Å². The van der Waals surface area contributed by atoms with Gasteiger partial charge in [0.1, 0.15) is 6.54 Å². The Kier molecular flexibility index (Phi) is 9.02. The number of carbonyl (C=O) groups is 2. The molecule has 0 spiro atoms. The van der Waals surface area contributed by atoms with Gasteiger partial charge in [-0.2, -0.15) is 0 Å². The van der Waals surface area contributed by atoms with E-state index in [0.29, 0.717) is 35.4 Å². The van der Waals surface area contributed by atoms with Gasteiger partial charge >= 0.3 is 6.03 Å². The summed E-state index contributed by atoms with van der Waals surface area (Å²) in [6, 6.07) is 8.20. The molecule has 3 amide bonds. The van der Waals surface area contributed by atoms with E-state index in [-0.39, 0.29) is 18.5 Å². The lowest BCUT2D eigenvalue weighted by molar-refractivity contribution is -0.133. The summed E-state index contributed by atoms with van der Waals surface area (Å²) in [5.41, 5.74) is 1.31. The van der Waals surface area contributed by atoms with Crippen molar-refractivity contribution < 1.29 is 14.3 Å². The Hall–Kier alpha value is -2.22. The van der Waals surface area contributed by atoms with Crippen LogP contribution in [-0.4, -0.2) is 59.2 Å². The molecule has 30 heavy (non-hydrogen) atoms. The minimum Gasteiger partial charge on any atom is -0.383 e. The number of ether oxygens (including phenoxy) is 1. The second-order valence-corrected chi connectivity index (χ2v) is 7.98. The number of benzene rings is 1. The lowest BCUT2D eigenvalue weighted by atomic mass is 10.3. The summed E-state index contributed by atoms with van der Waals surface area (Å²) in [4.78, 5) is 29.1. The van der Waals surface area contributed by atoms with Crippen LogP contribution >= 0.6 is 23.2 Å². The quantitative estimate of drug-likeness (QED) is 0.615. The molecular formula is C21H28Cl2N4O3. The summed E-state index contributed by atoms with van der Waals surface area (Å²) in [5, 5.41) is 3.39. The van der Waals surface area contributed by atoms with E-state index in [9.17, 15) is 9.59 Å². The Bertz CT molecular complexity index is 849. The summed E-state index contributed by atoms with van der Waals surface area (Å²) in [7, 11) is 3.52. The van der Waals surface area contributed by atoms with Gasteiger partial charge in [-0.15, -0.1) is 0 Å². The topological polar surface area (TPSA) is 66.8 Å². The highest BCUT2D eigenvalue weighted by Gasteiger charge is 2.25. The predicted octanol–water partition coefficient (Wildman–Crippen LogP) is 4.25. The van der Waals surface area contributed by atoms with Crippen LogP contribution in [0.4, 0.5) is 10.5 Å². The maximum atomic E-state index is 13.1. The van der Waals surface area contributed by atoms with Crippen LogP contribution in [0.2, 0.25) is 10.0 Å². The van der Waals surface area contributed by atoms with Gasteiger partial charge in [0.15, 0.2) is 0 Å². The van der Waals surface area contributed by atoms with E-state index in [0.717, 1.165) is 5.69 Å². The van der Waals surface area contributed by atoms with Crippen molar-refractivity contribution in [1.29, 1.82) is 0 Å². The van der Waals surface area contributed by atoms with Gasteiger partial charge in [0.05, 0.1) is 28.9 Å². The SMILES string of the molecule is COCCN(Cc1cccn1C)C(=O)CN(C(=O)Nc1c(Cl)cccc1Cl)C(C)C. The zero-order chi connectivity index (χ0) is 22.3. The summed E-state index contributed by atoms with van der Waals surface area (Å²) in [6.45, 7) is 4.86. The van der Waals surface area contributed by atoms with E-state index in [1.807, 2.05) is 43.8 Å². The molecule has 0 bridgehead atoms. The van der Waals surface area contributed by atoms with Gasteiger partial charge in [-0.05, 0) is 38.1 Å². The molecule has 0 atom stereocenters. The van der Waals surface area contributed by atoms with Gasteiger partial charge in [0.2, 0.25) is 5.91 Å². The molecule has 0 saturated carbocycles. The van der Waals surface area contributed by atoms with Crippen LogP contribution in [-0.2, 0) is 23.1 Å². The highest BCUT2D eigenvalue weighted by atomic mass is 35.5. The number of hydrogen-bond donors (Lipinski definition) is 1. The number of methoxy groups -OCH3 is 1. The average molecular weight is 455 g/mol. The van der Waals surface area contributed by atoms with Crippen molar-refractivity contribution in [3.63, 3.8) is 0 Å². The first kappa shape index (κ1) is 24.1. The number of nitrogens with one attached hydrogen (secondary N) is 1. The maximum absolute atomic E-state index is 13.1. The third-order valence-corrected chi connectivity index (χ3v) is 5.34. The third kappa shape index (κ3) is 6.39. The molecule has 7 nitrogen and oxygen atoms in total. The fraction of sp³-hybridized carbons (Fsp3) is 0.429. The van der Waals surface area contributed by atoms with E-state index < -0.39 is 6.03 Å². The highest BCUT2D eigenvalue weighted by molar-refractivity contribution is 6.39. The second kappa shape index (κ2) is 11.2. The Morgan fingerprint density at radius 3 is 2.37 bits per heavy atom. The summed E-state index contributed by atoms with van der Waals surface area (Å²) >= 11 is 12.3. The van der Waals surface area contributed by atoms with Gasteiger partial charge in [-0.25, -0.2) is 4.79 Å². The molecule has 2 aromatic rings. The van der Waals surface area contributed by atoms with Crippen molar-refractivity contribution in [1.82, 2.24) is 14.4 Å². The molecule has 0 aliphatic carbocycles. The molecule has 1 heterocycles. The van der Waals surface area contributed by atoms with Gasteiger partial charge in [0.25, 0.3) is 0 Å². The van der Waals surface area contributed by atoms with E-state index in [2.05, 4.69) is 5.32 Å². The first-order valence-electron chi connectivity index (χ1n) is 9.63. The number of hydrogen-bond acceptors (Lipinski definition) is 3. The first-order valence-corrected chi connectivity index (χ1v) is 10.4. The van der Waals surface area contributed by atoms with Crippen molar-refractivity contribution in [2.75, 3.05) is 32.1 Å². The molecule has 2 rings (SSSR count). The Labute approximate surface area is 187 Å². The van der Waals surface area contributed by atoms with Crippen molar-refractivity contribution in [2.24, 2.45) is 7.05 Å². The number of halogens is 2. The number of amides is 3. The first-order chi connectivity index (χ1) is 14.2. The molecule has 164 valence electrons. The van der Waals surface area contributed by atoms with E-state index in [1.54, 1.807) is 30.2 Å². The number of aromatic nitrogens is 1. The lowest BCUT2D eigenvalue weighted by Gasteiger charge is -2.30. The fourth-order valence-electron chi connectivity index (χ4n) is 2.88. The number of urea groups is 1. The fourth-order valence-corrected chi connectivity index (χ4v) is 3.37. The molecule has 0 unspecified atom stereocenters. The second-order valence-electron chi connectivity index (χ2n) is 7.17. The molecule has 1 N–H and O–H groups in total. The van der Waals surface area contributed by atoms with E-state index in [1.165, 1.54) is 4.90 Å². The molecule has 1 aromatic heterocycles. The number of anilines is 1. The van der Waals surface area contributed by atoms with E-state index in [4.69, 9.17) is 27.9 Å². The largest absolute Gasteiger partial charge is 0.383 e. The molecular weight excluding hydrogens is 427 g/mol. The number of nitrogens with zero attached hydrogens (tertiary/aromatic N) is 3. The molecule has 1 aromatic carbocycles. The van der Waals surface area contributed by atoms with Gasteiger partial charge < -0.3 is 24.4 Å². The maximum Gasteiger partial charge on any atom is 0.322 e. The summed E-state index contributed by atoms with van der Waals surface area (Å²) < 4.78 is 7.11. The molecule has 9 heteroatoms. The van der Waals surface area contributed by atoms with Crippen LogP contribution in [0.3, 0.4) is 0 Å². The Morgan fingerprint density at radius 2 is 1.83 bits per heavy atom. The van der Waals surface area contributed by atoms with Gasteiger partial charge in [-0.1, -0.05) is 29.3 Å². The van der Waals surface area contributed by atoms with Crippen molar-refractivity contribution >= 4 is 40.8 Å². The monoisotopic (exact) mass is 454 g/mol. The number of rotatable bonds is 9. The molecule has 0 aliphatic rings. The number of para-hydroxylation sites is 1. The van der Waals surface area contributed by atoms with Crippen LogP contribution in [0.15, 0.2) is 36.5 Å². The van der Waals surface area contributed by atoms with E-state index >= 15 is 0 Å². The Balaban J connectivity index is 2.14. The summed E-state index contributed by atoms with van der Waals surface area (Å²) in [6.07, 6.45) is 1.93. The number of aryl methyl sites for hydroxylation is 1. The predicted molar refractivity (Wildman–Crippen MR) is 120 cm³/mol. The standard InChI is InChI=1S/C21H28Cl2N4O3/c1-15(2)27(21(29)24-20-17(22)8-5-9-18(20)23)14-19(28)26(11-12-30-4)13-16-7-6-10-25(16)3/h5-10,15H,11-14H2,1-4H3,(H,24,29). The molecule has 0 saturated heterocycles. The van der Waals surface area contributed by atoms with Crippen molar-refractivity contribution in [3.8, 4) is 0 Å². The van der Waals surface area contributed by atoms with Crippen molar-refractivity contribution in [3.05, 3.63) is 52.3 Å².